The number of likely N-dealkylation sites (tertiary alicyclic amines) is 1. The van der Waals surface area contributed by atoms with Gasteiger partial charge in [0.2, 0.25) is 5.75 Å². The summed E-state index contributed by atoms with van der Waals surface area (Å²) in [6.45, 7) is 0.297. The van der Waals surface area contributed by atoms with Crippen molar-refractivity contribution in [1.29, 1.82) is 0 Å². The molecule has 1 aliphatic rings. The number of methoxy groups -OCH3 is 4. The summed E-state index contributed by atoms with van der Waals surface area (Å²) in [7, 11) is 5.99. The topological polar surface area (TPSA) is 101 Å². The lowest BCUT2D eigenvalue weighted by molar-refractivity contribution is -0.161. The minimum Gasteiger partial charge on any atom is -0.497 e. The molecule has 0 bridgehead atoms. The molecule has 0 spiro atoms. The number of esters is 1. The van der Waals surface area contributed by atoms with Gasteiger partial charge in [0.1, 0.15) is 17.9 Å². The summed E-state index contributed by atoms with van der Waals surface area (Å²) >= 11 is 0. The number of ketones is 1. The number of Topliss-reactive ketones (excluding diaryl/α,β-unsaturated/α-hetero) is 1. The molecule has 46 heavy (non-hydrogen) atoms. The summed E-state index contributed by atoms with van der Waals surface area (Å²) < 4.78 is 27.5. The monoisotopic (exact) mass is 631 g/mol. The van der Waals surface area contributed by atoms with E-state index in [1.807, 2.05) is 42.5 Å². The van der Waals surface area contributed by atoms with Crippen molar-refractivity contribution in [3.05, 3.63) is 83.4 Å². The zero-order valence-electron chi connectivity index (χ0n) is 27.3. The van der Waals surface area contributed by atoms with Gasteiger partial charge in [0, 0.05) is 12.1 Å². The molecule has 1 amide bonds. The highest BCUT2D eigenvalue weighted by Gasteiger charge is 2.37. The maximum atomic E-state index is 13.7. The van der Waals surface area contributed by atoms with Gasteiger partial charge in [-0.3, -0.25) is 9.59 Å². The van der Waals surface area contributed by atoms with E-state index in [1.165, 1.54) is 49.5 Å². The smallest absolute Gasteiger partial charge is 0.329 e. The number of aryl methyl sites for hydroxylation is 2. The van der Waals surface area contributed by atoms with E-state index in [9.17, 15) is 14.4 Å². The number of piperidine rings is 1. The summed E-state index contributed by atoms with van der Waals surface area (Å²) in [5.74, 6) is -0.305. The van der Waals surface area contributed by atoms with Crippen molar-refractivity contribution in [3.8, 4) is 23.0 Å². The van der Waals surface area contributed by atoms with Gasteiger partial charge < -0.3 is 28.6 Å². The summed E-state index contributed by atoms with van der Waals surface area (Å²) in [5, 5.41) is 0. The number of hydrogen-bond acceptors (Lipinski definition) is 8. The molecule has 246 valence electrons. The Balaban J connectivity index is 1.45. The number of nitrogens with zero attached hydrogens (tertiary/aromatic N) is 1. The van der Waals surface area contributed by atoms with Crippen LogP contribution in [0.3, 0.4) is 0 Å². The van der Waals surface area contributed by atoms with Crippen molar-refractivity contribution >= 4 is 17.7 Å². The average Bonchev–Trinajstić information content (AvgIpc) is 3.10. The van der Waals surface area contributed by atoms with Crippen molar-refractivity contribution in [1.82, 2.24) is 4.90 Å². The predicted molar refractivity (Wildman–Crippen MR) is 175 cm³/mol. The van der Waals surface area contributed by atoms with Gasteiger partial charge in [0.05, 0.1) is 28.4 Å². The SMILES string of the molecule is COc1ccc(CCCC(CCCc2ccccc2)OC(=O)C2CCCCN2C(=O)C(=O)c2cc(OC)c(OC)c(OC)c2)cc1. The molecule has 0 saturated carbocycles. The highest BCUT2D eigenvalue weighted by molar-refractivity contribution is 6.43. The largest absolute Gasteiger partial charge is 0.497 e. The van der Waals surface area contributed by atoms with E-state index in [4.69, 9.17) is 23.7 Å². The number of amides is 1. The van der Waals surface area contributed by atoms with Crippen molar-refractivity contribution in [2.45, 2.75) is 69.9 Å². The lowest BCUT2D eigenvalue weighted by Crippen LogP contribution is -2.51. The molecule has 1 aliphatic heterocycles. The molecule has 0 aromatic heterocycles. The van der Waals surface area contributed by atoms with Crippen LogP contribution in [-0.2, 0) is 27.2 Å². The predicted octanol–water partition coefficient (Wildman–Crippen LogP) is 6.24. The first-order chi connectivity index (χ1) is 22.4. The summed E-state index contributed by atoms with van der Waals surface area (Å²) in [5.41, 5.74) is 2.51. The van der Waals surface area contributed by atoms with Gasteiger partial charge in [-0.15, -0.1) is 0 Å². The second-order valence-corrected chi connectivity index (χ2v) is 11.4. The number of carbonyl (C=O) groups excluding carboxylic acids is 3. The molecular weight excluding hydrogens is 586 g/mol. The van der Waals surface area contributed by atoms with Gasteiger partial charge in [-0.1, -0.05) is 42.5 Å². The van der Waals surface area contributed by atoms with Gasteiger partial charge in [-0.05, 0) is 93.2 Å². The minimum atomic E-state index is -0.828. The molecular formula is C37H45NO8. The van der Waals surface area contributed by atoms with Crippen LogP contribution in [0.15, 0.2) is 66.7 Å². The number of ether oxygens (including phenoxy) is 5. The highest BCUT2D eigenvalue weighted by atomic mass is 16.5. The average molecular weight is 632 g/mol. The van der Waals surface area contributed by atoms with Crippen LogP contribution in [0.1, 0.15) is 66.4 Å². The Hall–Kier alpha value is -4.53. The van der Waals surface area contributed by atoms with Crippen molar-refractivity contribution in [2.75, 3.05) is 35.0 Å². The summed E-state index contributed by atoms with van der Waals surface area (Å²) in [6.07, 6.45) is 6.40. The first-order valence-corrected chi connectivity index (χ1v) is 15.9. The Morgan fingerprint density at radius 2 is 1.37 bits per heavy atom. The van der Waals surface area contributed by atoms with E-state index < -0.39 is 23.7 Å². The van der Waals surface area contributed by atoms with Crippen LogP contribution >= 0.6 is 0 Å². The summed E-state index contributed by atoms with van der Waals surface area (Å²) in [4.78, 5) is 42.1. The third kappa shape index (κ3) is 9.02. The minimum absolute atomic E-state index is 0.0921. The number of hydrogen-bond donors (Lipinski definition) is 0. The second kappa shape index (κ2) is 17.2. The number of carbonyl (C=O) groups is 3. The molecule has 9 nitrogen and oxygen atoms in total. The van der Waals surface area contributed by atoms with Crippen LogP contribution < -0.4 is 18.9 Å². The molecule has 4 rings (SSSR count). The number of benzene rings is 3. The third-order valence-corrected chi connectivity index (χ3v) is 8.42. The van der Waals surface area contributed by atoms with Gasteiger partial charge in [0.25, 0.3) is 11.7 Å². The maximum Gasteiger partial charge on any atom is 0.329 e. The molecule has 1 fully saturated rings. The van der Waals surface area contributed by atoms with E-state index in [2.05, 4.69) is 12.1 Å². The normalized spacial score (nSPS) is 15.0. The Morgan fingerprint density at radius 3 is 1.93 bits per heavy atom. The van der Waals surface area contributed by atoms with Crippen molar-refractivity contribution in [3.63, 3.8) is 0 Å². The van der Waals surface area contributed by atoms with Gasteiger partial charge in [0.15, 0.2) is 11.5 Å². The fourth-order valence-corrected chi connectivity index (χ4v) is 5.90. The molecule has 0 N–H and O–H groups in total. The van der Waals surface area contributed by atoms with E-state index in [1.54, 1.807) is 7.11 Å². The number of rotatable bonds is 16. The maximum absolute atomic E-state index is 13.7. The lowest BCUT2D eigenvalue weighted by atomic mass is 9.99. The van der Waals surface area contributed by atoms with Crippen molar-refractivity contribution in [2.24, 2.45) is 0 Å². The fourth-order valence-electron chi connectivity index (χ4n) is 5.90. The van der Waals surface area contributed by atoms with Crippen LogP contribution in [0.4, 0.5) is 0 Å². The molecule has 3 aromatic carbocycles. The quantitative estimate of drug-likeness (QED) is 0.104. The van der Waals surface area contributed by atoms with Gasteiger partial charge >= 0.3 is 5.97 Å². The molecule has 2 atom stereocenters. The van der Waals surface area contributed by atoms with Crippen LogP contribution in [0, 0.1) is 0 Å². The van der Waals surface area contributed by atoms with E-state index in [0.29, 0.717) is 38.0 Å². The van der Waals surface area contributed by atoms with E-state index in [0.717, 1.165) is 37.9 Å². The van der Waals surface area contributed by atoms with Crippen LogP contribution in [-0.4, -0.2) is 69.7 Å². The zero-order valence-corrected chi connectivity index (χ0v) is 27.3. The Kier molecular flexibility index (Phi) is 12.9. The zero-order chi connectivity index (χ0) is 32.9. The second-order valence-electron chi connectivity index (χ2n) is 11.4. The Morgan fingerprint density at radius 1 is 0.761 bits per heavy atom. The van der Waals surface area contributed by atoms with E-state index in [-0.39, 0.29) is 23.2 Å². The molecule has 3 aromatic rings. The fraction of sp³-hybridized carbons (Fsp3) is 0.432. The first kappa shape index (κ1) is 34.3. The highest BCUT2D eigenvalue weighted by Crippen LogP contribution is 2.38. The third-order valence-electron chi connectivity index (χ3n) is 8.42. The van der Waals surface area contributed by atoms with E-state index >= 15 is 0 Å². The molecule has 0 aliphatic carbocycles. The van der Waals surface area contributed by atoms with Crippen LogP contribution in [0.2, 0.25) is 0 Å². The first-order valence-electron chi connectivity index (χ1n) is 15.9. The molecule has 2 unspecified atom stereocenters. The van der Waals surface area contributed by atoms with Crippen molar-refractivity contribution < 1.29 is 38.1 Å². The Labute approximate surface area is 271 Å². The Bertz CT molecular complexity index is 1410. The van der Waals surface area contributed by atoms with Gasteiger partial charge in [-0.2, -0.15) is 0 Å². The molecule has 0 radical (unpaired) electrons. The standard InChI is InChI=1S/C37H45NO8/c1-42-29-21-19-27(20-22-29)15-11-17-30(16-10-14-26-12-6-5-7-13-26)46-37(41)31-18-8-9-23-38(31)36(40)34(39)28-24-32(43-2)35(45-4)33(25-28)44-3/h5-7,12-13,19-22,24-25,30-31H,8-11,14-18,23H2,1-4H3. The molecule has 1 saturated heterocycles. The molecule has 1 heterocycles. The van der Waals surface area contributed by atoms with Gasteiger partial charge in [-0.25, -0.2) is 4.79 Å². The van der Waals surface area contributed by atoms with Crippen LogP contribution in [0.5, 0.6) is 23.0 Å². The van der Waals surface area contributed by atoms with Crippen LogP contribution in [0.25, 0.3) is 0 Å². The lowest BCUT2D eigenvalue weighted by Gasteiger charge is -2.34. The summed E-state index contributed by atoms with van der Waals surface area (Å²) in [6, 6.07) is 20.3. The molecule has 9 heteroatoms.